The van der Waals surface area contributed by atoms with Crippen LogP contribution in [0.15, 0.2) is 36.7 Å². The summed E-state index contributed by atoms with van der Waals surface area (Å²) in [5, 5.41) is 18.1. The van der Waals surface area contributed by atoms with Crippen molar-refractivity contribution in [2.45, 2.75) is 82.5 Å². The highest BCUT2D eigenvalue weighted by molar-refractivity contribution is 7.15. The lowest BCUT2D eigenvalue weighted by molar-refractivity contribution is -0.141. The molecule has 0 unspecified atom stereocenters. The van der Waals surface area contributed by atoms with Crippen molar-refractivity contribution >= 4 is 28.9 Å². The van der Waals surface area contributed by atoms with Crippen LogP contribution in [0.4, 0.5) is 24.8 Å². The van der Waals surface area contributed by atoms with Crippen LogP contribution in [0.5, 0.6) is 0 Å². The first kappa shape index (κ1) is 27.5. The number of hydrogen-bond acceptors (Lipinski definition) is 7. The Labute approximate surface area is 229 Å². The van der Waals surface area contributed by atoms with Gasteiger partial charge in [-0.15, -0.1) is 11.3 Å². The molecule has 0 aliphatic heterocycles. The van der Waals surface area contributed by atoms with Gasteiger partial charge in [-0.1, -0.05) is 25.3 Å². The zero-order chi connectivity index (χ0) is 27.6. The summed E-state index contributed by atoms with van der Waals surface area (Å²) in [7, 11) is 0. The van der Waals surface area contributed by atoms with E-state index in [1.54, 1.807) is 18.3 Å². The van der Waals surface area contributed by atoms with Gasteiger partial charge in [0.25, 0.3) is 0 Å². The second-order valence-corrected chi connectivity index (χ2v) is 11.7. The van der Waals surface area contributed by atoms with E-state index in [-0.39, 0.29) is 23.8 Å². The average molecular weight is 560 g/mol. The number of aliphatic hydroxyl groups is 1. The van der Waals surface area contributed by atoms with Crippen molar-refractivity contribution < 1.29 is 23.1 Å². The summed E-state index contributed by atoms with van der Waals surface area (Å²) in [6.45, 7) is 1.89. The maximum atomic E-state index is 13.0. The minimum absolute atomic E-state index is 0.0719. The van der Waals surface area contributed by atoms with Gasteiger partial charge < -0.3 is 15.7 Å². The molecule has 7 nitrogen and oxygen atoms in total. The molecule has 2 saturated carbocycles. The highest BCUT2D eigenvalue weighted by atomic mass is 32.1. The highest BCUT2D eigenvalue weighted by Crippen LogP contribution is 2.41. The Morgan fingerprint density at radius 2 is 1.82 bits per heavy atom. The second-order valence-electron chi connectivity index (χ2n) is 10.7. The Hall–Kier alpha value is -3.05. The number of anilines is 2. The van der Waals surface area contributed by atoms with Gasteiger partial charge in [0.05, 0.1) is 4.88 Å². The molecule has 1 amide bonds. The van der Waals surface area contributed by atoms with E-state index >= 15 is 0 Å². The number of carbonyl (C=O) groups is 1. The number of rotatable bonds is 6. The minimum atomic E-state index is -4.56. The number of nitrogens with one attached hydrogen (secondary N) is 2. The fourth-order valence-corrected chi connectivity index (χ4v) is 6.51. The largest absolute Gasteiger partial charge is 0.433 e. The van der Waals surface area contributed by atoms with E-state index in [0.717, 1.165) is 54.0 Å². The van der Waals surface area contributed by atoms with Gasteiger partial charge in [0, 0.05) is 30.0 Å². The quantitative estimate of drug-likeness (QED) is 0.319. The predicted octanol–water partition coefficient (Wildman–Crippen LogP) is 6.50. The molecular formula is C28H32F3N5O2S. The Kier molecular flexibility index (Phi) is 7.91. The summed E-state index contributed by atoms with van der Waals surface area (Å²) in [6, 6.07) is 6.45. The van der Waals surface area contributed by atoms with Crippen LogP contribution in [0.2, 0.25) is 0 Å². The molecule has 2 heterocycles. The molecule has 2 fully saturated rings. The summed E-state index contributed by atoms with van der Waals surface area (Å²) >= 11 is 1.40. The monoisotopic (exact) mass is 559 g/mol. The van der Waals surface area contributed by atoms with Gasteiger partial charge in [0.1, 0.15) is 16.3 Å². The number of aryl methyl sites for hydroxylation is 1. The van der Waals surface area contributed by atoms with Gasteiger partial charge in [-0.3, -0.25) is 4.79 Å². The van der Waals surface area contributed by atoms with Crippen LogP contribution in [0.3, 0.4) is 0 Å². The molecule has 5 rings (SSSR count). The SMILES string of the molecule is Cc1cc(Nc2nccc(C(F)(F)F)n2)cc(-c2cnc([C@]3(O)CC[C@H](NC(=O)C4CCCCC4)CC3)s2)c1. The molecule has 2 aliphatic rings. The fourth-order valence-electron chi connectivity index (χ4n) is 5.46. The van der Waals surface area contributed by atoms with Crippen LogP contribution in [0.1, 0.15) is 74.1 Å². The molecule has 0 bridgehead atoms. The molecule has 0 radical (unpaired) electrons. The van der Waals surface area contributed by atoms with Crippen molar-refractivity contribution in [3.05, 3.63) is 52.9 Å². The van der Waals surface area contributed by atoms with Gasteiger partial charge in [-0.05, 0) is 74.8 Å². The first-order chi connectivity index (χ1) is 18.6. The Bertz CT molecular complexity index is 1310. The van der Waals surface area contributed by atoms with E-state index < -0.39 is 17.5 Å². The van der Waals surface area contributed by atoms with Crippen LogP contribution in [0, 0.1) is 12.8 Å². The van der Waals surface area contributed by atoms with Crippen molar-refractivity contribution in [1.29, 1.82) is 0 Å². The molecular weight excluding hydrogens is 527 g/mol. The molecule has 39 heavy (non-hydrogen) atoms. The van der Waals surface area contributed by atoms with Crippen molar-refractivity contribution in [2.75, 3.05) is 5.32 Å². The van der Waals surface area contributed by atoms with Crippen molar-refractivity contribution in [1.82, 2.24) is 20.3 Å². The van der Waals surface area contributed by atoms with Crippen molar-refractivity contribution in [2.24, 2.45) is 5.92 Å². The molecule has 0 spiro atoms. The van der Waals surface area contributed by atoms with E-state index in [1.807, 2.05) is 13.0 Å². The molecule has 3 aromatic rings. The van der Waals surface area contributed by atoms with Gasteiger partial charge in [-0.25, -0.2) is 15.0 Å². The third kappa shape index (κ3) is 6.58. The van der Waals surface area contributed by atoms with Crippen LogP contribution in [-0.4, -0.2) is 32.0 Å². The zero-order valence-corrected chi connectivity index (χ0v) is 22.5. The first-order valence-corrected chi connectivity index (χ1v) is 14.2. The van der Waals surface area contributed by atoms with Gasteiger partial charge in [-0.2, -0.15) is 13.2 Å². The first-order valence-electron chi connectivity index (χ1n) is 13.4. The standard InChI is InChI=1S/C28H32F3N5O2S/c1-17-13-19(15-21(14-17)35-26-32-12-9-23(36-26)28(29,30)31)22-16-33-25(39-22)27(38)10-7-20(8-11-27)34-24(37)18-5-3-2-4-6-18/h9,12-16,18,20,38H,2-8,10-11H2,1H3,(H,34,37)(H,32,35,36)/t20-,27-. The van der Waals surface area contributed by atoms with Crippen molar-refractivity contribution in [3.8, 4) is 10.4 Å². The fraction of sp³-hybridized carbons (Fsp3) is 0.500. The molecule has 2 aromatic heterocycles. The number of alkyl halides is 3. The van der Waals surface area contributed by atoms with E-state index in [9.17, 15) is 23.1 Å². The van der Waals surface area contributed by atoms with Crippen LogP contribution >= 0.6 is 11.3 Å². The number of carbonyl (C=O) groups excluding carboxylic acids is 1. The minimum Gasteiger partial charge on any atom is -0.383 e. The molecule has 11 heteroatoms. The summed E-state index contributed by atoms with van der Waals surface area (Å²) in [6.07, 6.45) is 6.03. The van der Waals surface area contributed by atoms with Crippen LogP contribution < -0.4 is 10.6 Å². The summed E-state index contributed by atoms with van der Waals surface area (Å²) in [4.78, 5) is 25.5. The maximum absolute atomic E-state index is 13.0. The highest BCUT2D eigenvalue weighted by Gasteiger charge is 2.38. The lowest BCUT2D eigenvalue weighted by Crippen LogP contribution is -2.44. The van der Waals surface area contributed by atoms with Gasteiger partial charge >= 0.3 is 6.18 Å². The van der Waals surface area contributed by atoms with E-state index in [4.69, 9.17) is 0 Å². The molecule has 2 aliphatic carbocycles. The average Bonchev–Trinajstić information content (AvgIpc) is 3.42. The number of halogens is 3. The third-order valence-corrected chi connectivity index (χ3v) is 8.84. The molecule has 0 atom stereocenters. The number of amides is 1. The van der Waals surface area contributed by atoms with E-state index in [1.165, 1.54) is 17.8 Å². The lowest BCUT2D eigenvalue weighted by atomic mass is 9.82. The zero-order valence-electron chi connectivity index (χ0n) is 21.7. The van der Waals surface area contributed by atoms with E-state index in [0.29, 0.717) is 36.4 Å². The van der Waals surface area contributed by atoms with E-state index in [2.05, 4.69) is 25.6 Å². The number of benzene rings is 1. The molecule has 3 N–H and O–H groups in total. The number of aromatic nitrogens is 3. The number of thiazole rings is 1. The maximum Gasteiger partial charge on any atom is 0.433 e. The predicted molar refractivity (Wildman–Crippen MR) is 143 cm³/mol. The normalized spacial score (nSPS) is 22.4. The van der Waals surface area contributed by atoms with Crippen LogP contribution in [0.25, 0.3) is 10.4 Å². The lowest BCUT2D eigenvalue weighted by Gasteiger charge is -2.35. The second kappa shape index (κ2) is 11.2. The van der Waals surface area contributed by atoms with Gasteiger partial charge in [0.2, 0.25) is 11.9 Å². The molecule has 1 aromatic carbocycles. The summed E-state index contributed by atoms with van der Waals surface area (Å²) < 4.78 is 39.1. The molecule has 0 saturated heterocycles. The summed E-state index contributed by atoms with van der Waals surface area (Å²) in [5.41, 5.74) is 0.199. The smallest absolute Gasteiger partial charge is 0.383 e. The third-order valence-electron chi connectivity index (χ3n) is 7.60. The number of nitrogens with zero attached hydrogens (tertiary/aromatic N) is 3. The van der Waals surface area contributed by atoms with Crippen molar-refractivity contribution in [3.63, 3.8) is 0 Å². The Morgan fingerprint density at radius 1 is 1.08 bits per heavy atom. The van der Waals surface area contributed by atoms with Gasteiger partial charge in [0.15, 0.2) is 0 Å². The molecule has 208 valence electrons. The Balaban J connectivity index is 1.25. The Morgan fingerprint density at radius 3 is 2.54 bits per heavy atom. The van der Waals surface area contributed by atoms with Crippen LogP contribution in [-0.2, 0) is 16.6 Å². The topological polar surface area (TPSA) is 100 Å². The number of hydrogen-bond donors (Lipinski definition) is 3. The summed E-state index contributed by atoms with van der Waals surface area (Å²) in [5.74, 6) is 0.129.